The van der Waals surface area contributed by atoms with Crippen LogP contribution in [0.15, 0.2) is 41.0 Å². The second kappa shape index (κ2) is 11.4. The average molecular weight is 550 g/mol. The number of thioether (sulfide) groups is 1. The van der Waals surface area contributed by atoms with Crippen molar-refractivity contribution in [3.63, 3.8) is 0 Å². The van der Waals surface area contributed by atoms with E-state index in [-0.39, 0.29) is 23.8 Å². The molecule has 0 aliphatic heterocycles. The van der Waals surface area contributed by atoms with Gasteiger partial charge in [-0.15, -0.1) is 0 Å². The summed E-state index contributed by atoms with van der Waals surface area (Å²) < 4.78 is 22.3. The smallest absolute Gasteiger partial charge is 0.180 e. The van der Waals surface area contributed by atoms with Crippen molar-refractivity contribution in [1.82, 2.24) is 19.7 Å². The first kappa shape index (κ1) is 25.5. The first-order chi connectivity index (χ1) is 16.9. The molecule has 0 bridgehead atoms. The molecule has 0 atom stereocenters. The third-order valence-corrected chi connectivity index (χ3v) is 7.48. The lowest BCUT2D eigenvalue weighted by Gasteiger charge is -2.14. The monoisotopic (exact) mass is 549 g/mol. The fourth-order valence-electron chi connectivity index (χ4n) is 3.37. The molecule has 4 rings (SSSR count). The highest BCUT2D eigenvalue weighted by Crippen LogP contribution is 2.31. The van der Waals surface area contributed by atoms with Gasteiger partial charge in [0.15, 0.2) is 14.1 Å². The van der Waals surface area contributed by atoms with E-state index >= 15 is 0 Å². The van der Waals surface area contributed by atoms with Gasteiger partial charge in [0.05, 0.1) is 17.1 Å². The Bertz CT molecular complexity index is 1440. The molecular weight excluding hydrogens is 529 g/mol. The molecule has 0 spiro atoms. The fraction of sp³-hybridized carbons (Fsp3) is 0.261. The van der Waals surface area contributed by atoms with Crippen molar-refractivity contribution in [3.05, 3.63) is 57.0 Å². The van der Waals surface area contributed by atoms with Gasteiger partial charge < -0.3 is 10.1 Å². The molecule has 1 N–H and O–H groups in total. The number of aromatic nitrogens is 4. The predicted molar refractivity (Wildman–Crippen MR) is 141 cm³/mol. The van der Waals surface area contributed by atoms with Crippen LogP contribution in [0.5, 0.6) is 5.75 Å². The van der Waals surface area contributed by atoms with E-state index in [1.54, 1.807) is 28.6 Å². The normalized spacial score (nSPS) is 11.1. The van der Waals surface area contributed by atoms with Gasteiger partial charge in [-0.05, 0) is 49.2 Å². The molecule has 0 saturated carbocycles. The van der Waals surface area contributed by atoms with Crippen molar-refractivity contribution in [1.29, 1.82) is 0 Å². The second-order valence-corrected chi connectivity index (χ2v) is 10.9. The number of nitrogens with one attached hydrogen (secondary N) is 1. The number of hydrogen-bond acceptors (Lipinski definition) is 9. The van der Waals surface area contributed by atoms with Gasteiger partial charge >= 0.3 is 0 Å². The highest BCUT2D eigenvalue weighted by molar-refractivity contribution is 8.01. The summed E-state index contributed by atoms with van der Waals surface area (Å²) in [4.78, 5) is 21.7. The summed E-state index contributed by atoms with van der Waals surface area (Å²) >= 11 is 14.3. The van der Waals surface area contributed by atoms with Crippen LogP contribution in [0.25, 0.3) is 10.9 Å². The number of halogens is 2. The third-order valence-electron chi connectivity index (χ3n) is 4.87. The average Bonchev–Trinajstić information content (AvgIpc) is 3.16. The SMILES string of the molecule is CCOc1cc2ncnc(Nc3ccc(F)c(Cl)c3)c2cc1CC(=O)Cn1nc(SCC)sc1=S. The quantitative estimate of drug-likeness (QED) is 0.178. The summed E-state index contributed by atoms with van der Waals surface area (Å²) in [6.07, 6.45) is 1.55. The van der Waals surface area contributed by atoms with Crippen LogP contribution >= 0.6 is 46.9 Å². The second-order valence-electron chi connectivity index (χ2n) is 7.33. The van der Waals surface area contributed by atoms with Crippen molar-refractivity contribution in [2.75, 3.05) is 17.7 Å². The van der Waals surface area contributed by atoms with Crippen LogP contribution in [0.1, 0.15) is 19.4 Å². The van der Waals surface area contributed by atoms with Gasteiger partial charge in [0.1, 0.15) is 30.3 Å². The zero-order valence-corrected chi connectivity index (χ0v) is 22.1. The largest absolute Gasteiger partial charge is 0.494 e. The van der Waals surface area contributed by atoms with Crippen LogP contribution in [0, 0.1) is 9.77 Å². The van der Waals surface area contributed by atoms with Gasteiger partial charge in [0.2, 0.25) is 0 Å². The van der Waals surface area contributed by atoms with Crippen LogP contribution in [0.3, 0.4) is 0 Å². The van der Waals surface area contributed by atoms with Crippen molar-refractivity contribution in [3.8, 4) is 5.75 Å². The summed E-state index contributed by atoms with van der Waals surface area (Å²) in [5.41, 5.74) is 1.91. The van der Waals surface area contributed by atoms with Crippen LogP contribution in [0.4, 0.5) is 15.9 Å². The summed E-state index contributed by atoms with van der Waals surface area (Å²) in [6, 6.07) is 7.95. The lowest BCUT2D eigenvalue weighted by Crippen LogP contribution is -2.14. The number of carbonyl (C=O) groups is 1. The molecule has 2 aromatic heterocycles. The number of hydrogen-bond donors (Lipinski definition) is 1. The Morgan fingerprint density at radius 2 is 2.11 bits per heavy atom. The Morgan fingerprint density at radius 3 is 2.86 bits per heavy atom. The van der Waals surface area contributed by atoms with Crippen LogP contribution in [-0.2, 0) is 17.8 Å². The van der Waals surface area contributed by atoms with Crippen molar-refractivity contribution in [2.24, 2.45) is 0 Å². The first-order valence-corrected chi connectivity index (χ1v) is 13.3. The zero-order chi connectivity index (χ0) is 24.9. The lowest BCUT2D eigenvalue weighted by atomic mass is 10.0. The van der Waals surface area contributed by atoms with Gasteiger partial charge in [0, 0.05) is 29.1 Å². The van der Waals surface area contributed by atoms with Gasteiger partial charge in [0.25, 0.3) is 0 Å². The third kappa shape index (κ3) is 6.16. The molecule has 0 fully saturated rings. The van der Waals surface area contributed by atoms with Crippen LogP contribution in [0.2, 0.25) is 5.02 Å². The molecule has 0 radical (unpaired) electrons. The number of anilines is 2. The summed E-state index contributed by atoms with van der Waals surface area (Å²) in [7, 11) is 0. The molecule has 2 aromatic carbocycles. The van der Waals surface area contributed by atoms with Gasteiger partial charge in [-0.3, -0.25) is 4.79 Å². The molecule has 12 heteroatoms. The van der Waals surface area contributed by atoms with Crippen LogP contribution in [-0.4, -0.2) is 37.9 Å². The van der Waals surface area contributed by atoms with E-state index in [9.17, 15) is 9.18 Å². The fourth-order valence-corrected chi connectivity index (χ4v) is 5.78. The molecule has 0 unspecified atom stereocenters. The Hall–Kier alpha value is -2.60. The number of fused-ring (bicyclic) bond motifs is 1. The zero-order valence-electron chi connectivity index (χ0n) is 18.9. The van der Waals surface area contributed by atoms with E-state index in [4.69, 9.17) is 28.6 Å². The number of benzene rings is 2. The highest BCUT2D eigenvalue weighted by Gasteiger charge is 2.16. The number of nitrogens with zero attached hydrogens (tertiary/aromatic N) is 4. The number of rotatable bonds is 10. The van der Waals surface area contributed by atoms with Gasteiger partial charge in [-0.2, -0.15) is 5.10 Å². The molecule has 0 aliphatic rings. The number of Topliss-reactive ketones (excluding diaryl/α,β-unsaturated/α-hetero) is 1. The topological polar surface area (TPSA) is 81.9 Å². The molecule has 4 aromatic rings. The van der Waals surface area contributed by atoms with E-state index in [1.807, 2.05) is 19.9 Å². The van der Waals surface area contributed by atoms with E-state index in [1.165, 1.54) is 29.8 Å². The number of carbonyl (C=O) groups excluding carboxylic acids is 1. The Kier molecular flexibility index (Phi) is 8.32. The lowest BCUT2D eigenvalue weighted by molar-refractivity contribution is -0.119. The molecule has 0 aliphatic carbocycles. The first-order valence-electron chi connectivity index (χ1n) is 10.7. The molecule has 0 saturated heterocycles. The van der Waals surface area contributed by atoms with Gasteiger partial charge in [-0.25, -0.2) is 19.0 Å². The van der Waals surface area contributed by atoms with Gasteiger partial charge in [-0.1, -0.05) is 41.6 Å². The minimum Gasteiger partial charge on any atom is -0.494 e. The molecule has 182 valence electrons. The highest BCUT2D eigenvalue weighted by atomic mass is 35.5. The molecule has 0 amide bonds. The van der Waals surface area contributed by atoms with E-state index < -0.39 is 5.82 Å². The summed E-state index contributed by atoms with van der Waals surface area (Å²) in [5, 5.41) is 8.28. The van der Waals surface area contributed by atoms with E-state index in [2.05, 4.69) is 20.4 Å². The molecule has 2 heterocycles. The Morgan fingerprint density at radius 1 is 1.29 bits per heavy atom. The molecular formula is C23H21ClFN5O2S3. The number of ether oxygens (including phenoxy) is 1. The predicted octanol–water partition coefficient (Wildman–Crippen LogP) is 6.48. The maximum Gasteiger partial charge on any atom is 0.180 e. The van der Waals surface area contributed by atoms with Crippen molar-refractivity contribution < 1.29 is 13.9 Å². The Balaban J connectivity index is 1.64. The minimum absolute atomic E-state index is 0.000534. The van der Waals surface area contributed by atoms with Crippen molar-refractivity contribution in [2.45, 2.75) is 31.2 Å². The number of ketones is 1. The van der Waals surface area contributed by atoms with E-state index in [0.29, 0.717) is 44.3 Å². The molecule has 35 heavy (non-hydrogen) atoms. The Labute approximate surface area is 219 Å². The maximum atomic E-state index is 13.6. The van der Waals surface area contributed by atoms with Crippen LogP contribution < -0.4 is 10.1 Å². The summed E-state index contributed by atoms with van der Waals surface area (Å²) in [5.74, 6) is 1.39. The van der Waals surface area contributed by atoms with E-state index in [0.717, 1.165) is 10.1 Å². The summed E-state index contributed by atoms with van der Waals surface area (Å²) in [6.45, 7) is 4.43. The minimum atomic E-state index is -0.507. The van der Waals surface area contributed by atoms with Crippen molar-refractivity contribution >= 4 is 75.1 Å². The maximum absolute atomic E-state index is 13.6. The molecule has 7 nitrogen and oxygen atoms in total. The standard InChI is InChI=1S/C23H21ClFN5O2S3/c1-3-32-20-10-19-16(21(27-12-26-19)28-14-5-6-18(25)17(24)9-14)8-13(20)7-15(31)11-30-23(33)35-22(29-30)34-4-2/h5-6,8-10,12H,3-4,7,11H2,1-2H3,(H,26,27,28).